The smallest absolute Gasteiger partial charge is 0.240 e. The van der Waals surface area contributed by atoms with Gasteiger partial charge in [0.05, 0.1) is 26.0 Å². The van der Waals surface area contributed by atoms with Crippen LogP contribution in [0.5, 0.6) is 11.8 Å². The van der Waals surface area contributed by atoms with E-state index in [4.69, 9.17) is 15.2 Å². The molecule has 0 aliphatic rings. The van der Waals surface area contributed by atoms with E-state index in [-0.39, 0.29) is 0 Å². The van der Waals surface area contributed by atoms with E-state index in [1.54, 1.807) is 30.9 Å². The lowest BCUT2D eigenvalue weighted by molar-refractivity contribution is 0.369. The molecule has 2 rings (SSSR count). The number of hydrogen-bond acceptors (Lipinski definition) is 5. The summed E-state index contributed by atoms with van der Waals surface area (Å²) < 4.78 is 11.9. The summed E-state index contributed by atoms with van der Waals surface area (Å²) in [4.78, 5) is 8.38. The highest BCUT2D eigenvalue weighted by Crippen LogP contribution is 2.19. The fourth-order valence-electron chi connectivity index (χ4n) is 1.33. The molecule has 6 nitrogen and oxygen atoms in total. The summed E-state index contributed by atoms with van der Waals surface area (Å²) >= 11 is 0. The molecule has 2 aromatic heterocycles. The lowest BCUT2D eigenvalue weighted by Crippen LogP contribution is -1.97. The van der Waals surface area contributed by atoms with Gasteiger partial charge in [0, 0.05) is 12.7 Å². The van der Waals surface area contributed by atoms with Crippen molar-refractivity contribution < 1.29 is 9.47 Å². The fourth-order valence-corrected chi connectivity index (χ4v) is 1.33. The molecule has 0 aliphatic heterocycles. The summed E-state index contributed by atoms with van der Waals surface area (Å²) in [6.07, 6.45) is 1.79. The van der Waals surface area contributed by atoms with Crippen molar-refractivity contribution in [3.63, 3.8) is 0 Å². The molecule has 6 heteroatoms. The van der Waals surface area contributed by atoms with Gasteiger partial charge in [0.15, 0.2) is 0 Å². The first-order chi connectivity index (χ1) is 7.28. The van der Waals surface area contributed by atoms with E-state index in [1.165, 1.54) is 0 Å². The van der Waals surface area contributed by atoms with Crippen molar-refractivity contribution in [3.8, 4) is 11.8 Å². The SMILES string of the molecule is COc1cc(OC)n2cc(CN)nc2n1. The molecule has 0 saturated heterocycles. The van der Waals surface area contributed by atoms with Crippen molar-refractivity contribution in [2.24, 2.45) is 5.73 Å². The molecule has 0 bridgehead atoms. The molecule has 2 N–H and O–H groups in total. The monoisotopic (exact) mass is 208 g/mol. The van der Waals surface area contributed by atoms with Gasteiger partial charge in [-0.25, -0.2) is 4.98 Å². The maximum atomic E-state index is 5.50. The summed E-state index contributed by atoms with van der Waals surface area (Å²) in [7, 11) is 3.13. The minimum absolute atomic E-state index is 0.370. The number of ether oxygens (including phenoxy) is 2. The Morgan fingerprint density at radius 1 is 1.33 bits per heavy atom. The number of nitrogens with zero attached hydrogens (tertiary/aromatic N) is 3. The van der Waals surface area contributed by atoms with Gasteiger partial charge in [0.1, 0.15) is 0 Å². The van der Waals surface area contributed by atoms with Crippen LogP contribution in [0.15, 0.2) is 12.3 Å². The molecule has 0 unspecified atom stereocenters. The Morgan fingerprint density at radius 3 is 2.73 bits per heavy atom. The molecular formula is C9H12N4O2. The predicted molar refractivity (Wildman–Crippen MR) is 54.0 cm³/mol. The zero-order valence-electron chi connectivity index (χ0n) is 8.60. The second kappa shape index (κ2) is 3.74. The van der Waals surface area contributed by atoms with E-state index < -0.39 is 0 Å². The van der Waals surface area contributed by atoms with E-state index in [2.05, 4.69) is 9.97 Å². The third-order valence-electron chi connectivity index (χ3n) is 2.06. The summed E-state index contributed by atoms with van der Waals surface area (Å²) in [6, 6.07) is 1.69. The maximum absolute atomic E-state index is 5.50. The van der Waals surface area contributed by atoms with E-state index in [1.807, 2.05) is 0 Å². The molecule has 0 amide bonds. The summed E-state index contributed by atoms with van der Waals surface area (Å²) in [5, 5.41) is 0. The second-order valence-electron chi connectivity index (χ2n) is 2.95. The van der Waals surface area contributed by atoms with Gasteiger partial charge in [0.25, 0.3) is 0 Å². The molecule has 2 heterocycles. The normalized spacial score (nSPS) is 10.6. The molecule has 15 heavy (non-hydrogen) atoms. The second-order valence-corrected chi connectivity index (χ2v) is 2.95. The van der Waals surface area contributed by atoms with E-state index in [9.17, 15) is 0 Å². The Kier molecular flexibility index (Phi) is 2.42. The standard InChI is InChI=1S/C9H12N4O2/c1-14-7-3-8(15-2)13-5-6(4-10)11-9(13)12-7/h3,5H,4,10H2,1-2H3. The van der Waals surface area contributed by atoms with Crippen molar-refractivity contribution >= 4 is 5.78 Å². The number of imidazole rings is 1. The minimum Gasteiger partial charge on any atom is -0.482 e. The third kappa shape index (κ3) is 1.59. The van der Waals surface area contributed by atoms with Crippen LogP contribution < -0.4 is 15.2 Å². The largest absolute Gasteiger partial charge is 0.482 e. The van der Waals surface area contributed by atoms with Crippen LogP contribution in [0.3, 0.4) is 0 Å². The van der Waals surface area contributed by atoms with E-state index >= 15 is 0 Å². The molecule has 0 fully saturated rings. The lowest BCUT2D eigenvalue weighted by atomic mass is 10.5. The number of aromatic nitrogens is 3. The lowest BCUT2D eigenvalue weighted by Gasteiger charge is -2.04. The summed E-state index contributed by atoms with van der Waals surface area (Å²) in [5.41, 5.74) is 6.26. The highest BCUT2D eigenvalue weighted by atomic mass is 16.5. The van der Waals surface area contributed by atoms with Gasteiger partial charge in [0.2, 0.25) is 17.5 Å². The first-order valence-electron chi connectivity index (χ1n) is 4.45. The summed E-state index contributed by atoms with van der Waals surface area (Å²) in [5.74, 6) is 1.60. The van der Waals surface area contributed by atoms with Crippen molar-refractivity contribution in [1.29, 1.82) is 0 Å². The average Bonchev–Trinajstić information content (AvgIpc) is 2.70. The van der Waals surface area contributed by atoms with Crippen molar-refractivity contribution in [2.75, 3.05) is 14.2 Å². The molecule has 0 aromatic carbocycles. The third-order valence-corrected chi connectivity index (χ3v) is 2.06. The maximum Gasteiger partial charge on any atom is 0.240 e. The van der Waals surface area contributed by atoms with Crippen LogP contribution >= 0.6 is 0 Å². The number of hydrogen-bond donors (Lipinski definition) is 1. The molecular weight excluding hydrogens is 196 g/mol. The molecule has 0 aliphatic carbocycles. The van der Waals surface area contributed by atoms with Crippen LogP contribution in [0.1, 0.15) is 5.69 Å². The van der Waals surface area contributed by atoms with Crippen LogP contribution in [0.4, 0.5) is 0 Å². The number of nitrogens with two attached hydrogens (primary N) is 1. The Hall–Kier alpha value is -1.82. The van der Waals surface area contributed by atoms with Crippen LogP contribution in [-0.4, -0.2) is 28.6 Å². The minimum atomic E-state index is 0.370. The van der Waals surface area contributed by atoms with Crippen LogP contribution in [0.2, 0.25) is 0 Å². The van der Waals surface area contributed by atoms with Crippen LogP contribution in [0, 0.1) is 0 Å². The molecule has 0 radical (unpaired) electrons. The quantitative estimate of drug-likeness (QED) is 0.780. The highest BCUT2D eigenvalue weighted by molar-refractivity contribution is 5.39. The zero-order chi connectivity index (χ0) is 10.8. The van der Waals surface area contributed by atoms with Gasteiger partial charge < -0.3 is 15.2 Å². The fraction of sp³-hybridized carbons (Fsp3) is 0.333. The number of rotatable bonds is 3. The Labute approximate surface area is 86.7 Å². The van der Waals surface area contributed by atoms with Crippen LogP contribution in [-0.2, 0) is 6.54 Å². The van der Waals surface area contributed by atoms with Gasteiger partial charge in [-0.15, -0.1) is 0 Å². The zero-order valence-corrected chi connectivity index (χ0v) is 8.60. The van der Waals surface area contributed by atoms with E-state index in [0.717, 1.165) is 5.69 Å². The molecule has 0 spiro atoms. The predicted octanol–water partition coefficient (Wildman–Crippen LogP) is 0.205. The van der Waals surface area contributed by atoms with Gasteiger partial charge >= 0.3 is 0 Å². The van der Waals surface area contributed by atoms with Gasteiger partial charge in [-0.2, -0.15) is 4.98 Å². The Bertz CT molecular complexity index is 480. The Morgan fingerprint density at radius 2 is 2.13 bits per heavy atom. The average molecular weight is 208 g/mol. The molecule has 0 saturated carbocycles. The van der Waals surface area contributed by atoms with Gasteiger partial charge in [-0.3, -0.25) is 4.40 Å². The summed E-state index contributed by atoms with van der Waals surface area (Å²) in [6.45, 7) is 0.370. The van der Waals surface area contributed by atoms with Crippen LogP contribution in [0.25, 0.3) is 5.78 Å². The first kappa shape index (κ1) is 9.72. The van der Waals surface area contributed by atoms with Crippen molar-refractivity contribution in [3.05, 3.63) is 18.0 Å². The molecule has 0 atom stereocenters. The van der Waals surface area contributed by atoms with Crippen molar-refractivity contribution in [1.82, 2.24) is 14.4 Å². The topological polar surface area (TPSA) is 74.7 Å². The van der Waals surface area contributed by atoms with Crippen molar-refractivity contribution in [2.45, 2.75) is 6.54 Å². The number of fused-ring (bicyclic) bond motifs is 1. The van der Waals surface area contributed by atoms with Gasteiger partial charge in [-0.05, 0) is 0 Å². The number of methoxy groups -OCH3 is 2. The van der Waals surface area contributed by atoms with E-state index in [0.29, 0.717) is 24.1 Å². The van der Waals surface area contributed by atoms with Gasteiger partial charge in [-0.1, -0.05) is 0 Å². The highest BCUT2D eigenvalue weighted by Gasteiger charge is 2.08. The Balaban J connectivity index is 2.66. The molecule has 2 aromatic rings. The molecule has 80 valence electrons. The first-order valence-corrected chi connectivity index (χ1v) is 4.45.